The fourth-order valence-corrected chi connectivity index (χ4v) is 1.49. The molecule has 0 amide bonds. The summed E-state index contributed by atoms with van der Waals surface area (Å²) in [4.78, 5) is 33.6. The number of piperidine rings is 1. The standard InChI is InChI=1S/C9H13NO5/c1-14-8(12)6-3-5(11)4-7(10-6)9(13)15-2/h6-7,10H,3-4H2,1-2H3. The van der Waals surface area contributed by atoms with Crippen molar-refractivity contribution in [1.29, 1.82) is 0 Å². The zero-order chi connectivity index (χ0) is 11.4. The predicted molar refractivity (Wildman–Crippen MR) is 49.0 cm³/mol. The summed E-state index contributed by atoms with van der Waals surface area (Å²) >= 11 is 0. The maximum Gasteiger partial charge on any atom is 0.323 e. The number of carbonyl (C=O) groups excluding carboxylic acids is 3. The lowest BCUT2D eigenvalue weighted by Crippen LogP contribution is -2.53. The van der Waals surface area contributed by atoms with Crippen molar-refractivity contribution in [2.45, 2.75) is 24.9 Å². The van der Waals surface area contributed by atoms with E-state index in [0.29, 0.717) is 0 Å². The molecule has 2 atom stereocenters. The van der Waals surface area contributed by atoms with Crippen molar-refractivity contribution < 1.29 is 23.9 Å². The SMILES string of the molecule is COC(=O)C1CC(=O)CC(C(=O)OC)N1. The molecule has 1 heterocycles. The number of Topliss-reactive ketones (excluding diaryl/α,β-unsaturated/α-hetero) is 1. The van der Waals surface area contributed by atoms with Gasteiger partial charge in [-0.15, -0.1) is 0 Å². The molecule has 1 N–H and O–H groups in total. The Morgan fingerprint density at radius 1 is 1.13 bits per heavy atom. The summed E-state index contributed by atoms with van der Waals surface area (Å²) in [7, 11) is 2.46. The quantitative estimate of drug-likeness (QED) is 0.596. The number of ether oxygens (including phenoxy) is 2. The summed E-state index contributed by atoms with van der Waals surface area (Å²) in [6.07, 6.45) is 0.111. The van der Waals surface area contributed by atoms with Gasteiger partial charge < -0.3 is 9.47 Å². The van der Waals surface area contributed by atoms with E-state index in [9.17, 15) is 14.4 Å². The molecule has 6 nitrogen and oxygen atoms in total. The topological polar surface area (TPSA) is 81.7 Å². The molecule has 1 aliphatic rings. The van der Waals surface area contributed by atoms with Gasteiger partial charge in [-0.05, 0) is 0 Å². The molecule has 15 heavy (non-hydrogen) atoms. The van der Waals surface area contributed by atoms with Gasteiger partial charge in [0.25, 0.3) is 0 Å². The smallest absolute Gasteiger partial charge is 0.323 e. The summed E-state index contributed by atoms with van der Waals surface area (Å²) in [6.45, 7) is 0. The van der Waals surface area contributed by atoms with Crippen molar-refractivity contribution in [2.75, 3.05) is 14.2 Å². The molecule has 0 aromatic carbocycles. The molecule has 1 saturated heterocycles. The first kappa shape index (κ1) is 11.6. The van der Waals surface area contributed by atoms with E-state index >= 15 is 0 Å². The average molecular weight is 215 g/mol. The van der Waals surface area contributed by atoms with Gasteiger partial charge in [0.2, 0.25) is 0 Å². The van der Waals surface area contributed by atoms with Gasteiger partial charge in [0, 0.05) is 12.8 Å². The largest absolute Gasteiger partial charge is 0.468 e. The van der Waals surface area contributed by atoms with Crippen LogP contribution in [0.3, 0.4) is 0 Å². The third-order valence-corrected chi connectivity index (χ3v) is 2.24. The maximum atomic E-state index is 11.3. The Hall–Kier alpha value is -1.43. The Bertz CT molecular complexity index is 262. The van der Waals surface area contributed by atoms with Crippen LogP contribution in [0.2, 0.25) is 0 Å². The number of nitrogens with one attached hydrogen (secondary N) is 1. The van der Waals surface area contributed by atoms with Gasteiger partial charge in [-0.3, -0.25) is 19.7 Å². The molecule has 6 heteroatoms. The summed E-state index contributed by atoms with van der Waals surface area (Å²) in [6, 6.07) is -1.50. The van der Waals surface area contributed by atoms with Crippen molar-refractivity contribution in [1.82, 2.24) is 5.32 Å². The molecule has 2 unspecified atom stereocenters. The normalized spacial score (nSPS) is 25.9. The molecule has 1 aliphatic heterocycles. The van der Waals surface area contributed by atoms with E-state index in [1.165, 1.54) is 14.2 Å². The third kappa shape index (κ3) is 2.76. The number of hydrogen-bond donors (Lipinski definition) is 1. The summed E-state index contributed by atoms with van der Waals surface area (Å²) in [5.41, 5.74) is 0. The molecule has 0 spiro atoms. The van der Waals surface area contributed by atoms with Crippen molar-refractivity contribution in [3.63, 3.8) is 0 Å². The monoisotopic (exact) mass is 215 g/mol. The average Bonchev–Trinajstić information content (AvgIpc) is 2.26. The van der Waals surface area contributed by atoms with Crippen LogP contribution in [0.4, 0.5) is 0 Å². The minimum absolute atomic E-state index is 0.0557. The van der Waals surface area contributed by atoms with E-state index in [0.717, 1.165) is 0 Å². The van der Waals surface area contributed by atoms with Crippen LogP contribution in [0.5, 0.6) is 0 Å². The van der Waals surface area contributed by atoms with Crippen LogP contribution < -0.4 is 5.32 Å². The number of methoxy groups -OCH3 is 2. The summed E-state index contributed by atoms with van der Waals surface area (Å²) in [5, 5.41) is 2.72. The van der Waals surface area contributed by atoms with Crippen molar-refractivity contribution >= 4 is 17.7 Å². The summed E-state index contributed by atoms with van der Waals surface area (Å²) < 4.78 is 8.99. The highest BCUT2D eigenvalue weighted by Gasteiger charge is 2.35. The van der Waals surface area contributed by atoms with E-state index in [1.54, 1.807) is 0 Å². The number of hydrogen-bond acceptors (Lipinski definition) is 6. The van der Waals surface area contributed by atoms with Crippen LogP contribution in [0.1, 0.15) is 12.8 Å². The van der Waals surface area contributed by atoms with Gasteiger partial charge in [-0.1, -0.05) is 0 Å². The van der Waals surface area contributed by atoms with Crippen LogP contribution in [0.25, 0.3) is 0 Å². The van der Waals surface area contributed by atoms with Gasteiger partial charge in [0.05, 0.1) is 14.2 Å². The molecule has 0 bridgehead atoms. The number of esters is 2. The lowest BCUT2D eigenvalue weighted by atomic mass is 9.97. The third-order valence-electron chi connectivity index (χ3n) is 2.24. The molecule has 0 radical (unpaired) electrons. The fourth-order valence-electron chi connectivity index (χ4n) is 1.49. The molecule has 84 valence electrons. The zero-order valence-electron chi connectivity index (χ0n) is 8.61. The molecular weight excluding hydrogens is 202 g/mol. The second-order valence-electron chi connectivity index (χ2n) is 3.27. The van der Waals surface area contributed by atoms with Gasteiger partial charge in [0.1, 0.15) is 17.9 Å². The maximum absolute atomic E-state index is 11.3. The number of rotatable bonds is 2. The zero-order valence-corrected chi connectivity index (χ0v) is 8.61. The van der Waals surface area contributed by atoms with Gasteiger partial charge in [-0.2, -0.15) is 0 Å². The Kier molecular flexibility index (Phi) is 3.79. The van der Waals surface area contributed by atoms with Crippen LogP contribution in [0.15, 0.2) is 0 Å². The van der Waals surface area contributed by atoms with Crippen LogP contribution >= 0.6 is 0 Å². The fraction of sp³-hybridized carbons (Fsp3) is 0.667. The Morgan fingerprint density at radius 2 is 1.53 bits per heavy atom. The van der Waals surface area contributed by atoms with Crippen molar-refractivity contribution in [3.05, 3.63) is 0 Å². The first-order chi connectivity index (χ1) is 7.08. The van der Waals surface area contributed by atoms with Gasteiger partial charge in [-0.25, -0.2) is 0 Å². The van der Waals surface area contributed by atoms with Crippen molar-refractivity contribution in [2.24, 2.45) is 0 Å². The van der Waals surface area contributed by atoms with Crippen molar-refractivity contribution in [3.8, 4) is 0 Å². The molecule has 0 aromatic rings. The molecular formula is C9H13NO5. The van der Waals surface area contributed by atoms with E-state index < -0.39 is 24.0 Å². The second kappa shape index (κ2) is 4.88. The highest BCUT2D eigenvalue weighted by molar-refractivity contribution is 5.92. The van der Waals surface area contributed by atoms with Crippen LogP contribution in [-0.2, 0) is 23.9 Å². The number of ketones is 1. The Morgan fingerprint density at radius 3 is 1.87 bits per heavy atom. The van der Waals surface area contributed by atoms with Crippen LogP contribution in [0, 0.1) is 0 Å². The van der Waals surface area contributed by atoms with Crippen LogP contribution in [-0.4, -0.2) is 44.0 Å². The minimum atomic E-state index is -0.750. The lowest BCUT2D eigenvalue weighted by Gasteiger charge is -2.26. The molecule has 0 aromatic heterocycles. The van der Waals surface area contributed by atoms with Gasteiger partial charge in [0.15, 0.2) is 0 Å². The highest BCUT2D eigenvalue weighted by Crippen LogP contribution is 2.11. The van der Waals surface area contributed by atoms with E-state index in [4.69, 9.17) is 0 Å². The lowest BCUT2D eigenvalue weighted by molar-refractivity contribution is -0.150. The summed E-state index contributed by atoms with van der Waals surface area (Å²) in [5.74, 6) is -1.24. The molecule has 0 saturated carbocycles. The first-order valence-corrected chi connectivity index (χ1v) is 4.52. The molecule has 0 aliphatic carbocycles. The first-order valence-electron chi connectivity index (χ1n) is 4.52. The van der Waals surface area contributed by atoms with E-state index in [2.05, 4.69) is 14.8 Å². The minimum Gasteiger partial charge on any atom is -0.468 e. The highest BCUT2D eigenvalue weighted by atomic mass is 16.5. The molecule has 1 rings (SSSR count). The predicted octanol–water partition coefficient (Wildman–Crippen LogP) is -0.978. The van der Waals surface area contributed by atoms with E-state index in [-0.39, 0.29) is 18.6 Å². The van der Waals surface area contributed by atoms with E-state index in [1.807, 2.05) is 0 Å². The Balaban J connectivity index is 2.67. The van der Waals surface area contributed by atoms with Gasteiger partial charge >= 0.3 is 11.9 Å². The Labute approximate surface area is 86.9 Å². The second-order valence-corrected chi connectivity index (χ2v) is 3.27. The molecule has 1 fully saturated rings. The number of carbonyl (C=O) groups is 3.